The molecule has 5 amide bonds. The summed E-state index contributed by atoms with van der Waals surface area (Å²) < 4.78 is 105. The Labute approximate surface area is 639 Å². The SMILES string of the molecule is Cc1ncsc1-c1ccc([C@H](C)NC(=O)[C@@H]2C[C@@H](O)CN2C(=O)[C@@H](NC(=O)CCCCCCC(=O)NCC2(C)CCC(c3ccc(Cl)cc3)=C(CN3CCN(c4ccc(C(=O)NS(=O)(=O)c5ccc(N[C@H](CCN6CCOCC6)CSc6ccccc6)c(S(=O)(=O)C(F)(F)F)c5)cc4)CC3)C2)C(C)(C)C)cc1. The number of carbonyl (C=O) groups excluding carboxylic acids is 5. The van der Waals surface area contributed by atoms with Crippen molar-refractivity contribution in [3.05, 3.63) is 160 Å². The highest BCUT2D eigenvalue weighted by Gasteiger charge is 2.49. The van der Waals surface area contributed by atoms with Crippen LogP contribution < -0.4 is 30.9 Å². The molecule has 0 saturated carbocycles. The van der Waals surface area contributed by atoms with E-state index in [4.69, 9.17) is 16.3 Å². The number of sulfonamides is 1. The fourth-order valence-electron chi connectivity index (χ4n) is 14.1. The van der Waals surface area contributed by atoms with Crippen LogP contribution in [0.3, 0.4) is 0 Å². The number of anilines is 2. The van der Waals surface area contributed by atoms with Crippen molar-refractivity contribution in [1.29, 1.82) is 0 Å². The lowest BCUT2D eigenvalue weighted by Crippen LogP contribution is -2.57. The minimum atomic E-state index is -6.11. The number of aliphatic hydroxyl groups excluding tert-OH is 1. The number of β-amino-alcohol motifs (C(OH)–C–C–N with tert-alkyl or cyclic N) is 1. The normalized spacial score (nSPS) is 19.4. The van der Waals surface area contributed by atoms with Gasteiger partial charge in [0.15, 0.2) is 0 Å². The Balaban J connectivity index is 0.677. The van der Waals surface area contributed by atoms with Crippen LogP contribution in [0, 0.1) is 17.8 Å². The molecule has 29 heteroatoms. The molecular formula is C78H98ClF3N10O11S4. The maximum Gasteiger partial charge on any atom is 0.501 e. The van der Waals surface area contributed by atoms with Crippen molar-refractivity contribution in [1.82, 2.24) is 40.4 Å². The molecule has 6 atom stereocenters. The van der Waals surface area contributed by atoms with Crippen LogP contribution in [-0.4, -0.2) is 185 Å². The quantitative estimate of drug-likeness (QED) is 0.0174. The first-order valence-corrected chi connectivity index (χ1v) is 41.7. The molecule has 3 saturated heterocycles. The van der Waals surface area contributed by atoms with Gasteiger partial charge >= 0.3 is 5.51 Å². The zero-order valence-electron chi connectivity index (χ0n) is 61.4. The van der Waals surface area contributed by atoms with Crippen molar-refractivity contribution in [2.45, 2.75) is 163 Å². The molecule has 4 heterocycles. The van der Waals surface area contributed by atoms with Gasteiger partial charge in [0, 0.05) is 118 Å². The number of morpholine rings is 1. The van der Waals surface area contributed by atoms with E-state index >= 15 is 0 Å². The first-order chi connectivity index (χ1) is 50.8. The predicted octanol–water partition coefficient (Wildman–Crippen LogP) is 12.1. The number of unbranched alkanes of at least 4 members (excludes halogenated alkanes) is 3. The van der Waals surface area contributed by atoms with Crippen molar-refractivity contribution in [3.63, 3.8) is 0 Å². The number of allylic oxidation sites excluding steroid dienone is 1. The molecule has 107 heavy (non-hydrogen) atoms. The Morgan fingerprint density at radius 1 is 0.804 bits per heavy atom. The number of alkyl halides is 3. The minimum Gasteiger partial charge on any atom is -0.391 e. The van der Waals surface area contributed by atoms with E-state index in [-0.39, 0.29) is 54.1 Å². The number of halogens is 4. The monoisotopic (exact) mass is 1570 g/mol. The number of benzene rings is 5. The smallest absolute Gasteiger partial charge is 0.391 e. The molecular weight excluding hydrogens is 1470 g/mol. The number of nitrogens with zero attached hydrogens (tertiary/aromatic N) is 5. The molecule has 21 nitrogen and oxygen atoms in total. The summed E-state index contributed by atoms with van der Waals surface area (Å²) in [5.74, 6) is -1.89. The van der Waals surface area contributed by atoms with Crippen LogP contribution in [0.2, 0.25) is 5.02 Å². The van der Waals surface area contributed by atoms with Gasteiger partial charge in [-0.2, -0.15) is 13.2 Å². The van der Waals surface area contributed by atoms with Crippen LogP contribution in [0.1, 0.15) is 138 Å². The number of amides is 5. The summed E-state index contributed by atoms with van der Waals surface area (Å²) >= 11 is 9.35. The van der Waals surface area contributed by atoms with E-state index in [1.165, 1.54) is 39.9 Å². The van der Waals surface area contributed by atoms with E-state index in [2.05, 4.69) is 47.9 Å². The van der Waals surface area contributed by atoms with Crippen LogP contribution >= 0.6 is 34.7 Å². The number of hydrogen-bond acceptors (Lipinski definition) is 18. The number of piperazine rings is 1. The van der Waals surface area contributed by atoms with Crippen molar-refractivity contribution < 1.29 is 63.8 Å². The molecule has 1 unspecified atom stereocenters. The zero-order valence-corrected chi connectivity index (χ0v) is 65.4. The lowest BCUT2D eigenvalue weighted by atomic mass is 9.71. The summed E-state index contributed by atoms with van der Waals surface area (Å²) in [6.07, 6.45) is 5.06. The Bertz CT molecular complexity index is 4330. The Hall–Kier alpha value is -7.41. The summed E-state index contributed by atoms with van der Waals surface area (Å²) in [6, 6.07) is 30.9. The number of aromatic nitrogens is 1. The van der Waals surface area contributed by atoms with Crippen LogP contribution in [0.25, 0.3) is 16.0 Å². The van der Waals surface area contributed by atoms with Gasteiger partial charge < -0.3 is 40.9 Å². The Morgan fingerprint density at radius 2 is 1.47 bits per heavy atom. The number of thiazole rings is 1. The highest BCUT2D eigenvalue weighted by atomic mass is 35.5. The third-order valence-corrected chi connectivity index (χ3v) is 25.6. The summed E-state index contributed by atoms with van der Waals surface area (Å²) in [7, 11) is -11.0. The van der Waals surface area contributed by atoms with Gasteiger partial charge in [0.2, 0.25) is 23.6 Å². The average Bonchev–Trinajstić information content (AvgIpc) is 1.40. The van der Waals surface area contributed by atoms with E-state index in [1.54, 1.807) is 29.0 Å². The first kappa shape index (κ1) is 82.1. The van der Waals surface area contributed by atoms with Crippen LogP contribution in [0.4, 0.5) is 24.5 Å². The second-order valence-electron chi connectivity index (χ2n) is 29.7. The highest BCUT2D eigenvalue weighted by molar-refractivity contribution is 7.99. The third-order valence-electron chi connectivity index (χ3n) is 20.4. The van der Waals surface area contributed by atoms with E-state index in [9.17, 15) is 59.1 Å². The van der Waals surface area contributed by atoms with Gasteiger partial charge in [-0.3, -0.25) is 33.8 Å². The van der Waals surface area contributed by atoms with Gasteiger partial charge in [-0.15, -0.1) is 23.1 Å². The van der Waals surface area contributed by atoms with E-state index in [0.29, 0.717) is 121 Å². The topological polar surface area (TPSA) is 269 Å². The van der Waals surface area contributed by atoms with Crippen molar-refractivity contribution in [3.8, 4) is 10.4 Å². The minimum absolute atomic E-state index is 0.0331. The van der Waals surface area contributed by atoms with E-state index in [0.717, 1.165) is 75.7 Å². The number of carbonyl (C=O) groups is 5. The van der Waals surface area contributed by atoms with Crippen LogP contribution in [0.15, 0.2) is 147 Å². The molecule has 578 valence electrons. The molecule has 0 bridgehead atoms. The number of thioether (sulfide) groups is 1. The number of likely N-dealkylation sites (tertiary alicyclic amines) is 1. The molecule has 3 fully saturated rings. The first-order valence-electron chi connectivity index (χ1n) is 36.5. The standard InChI is InChI=1S/C78H98ClF3N10O11S4/c1-52(54-18-20-56(21-19-54)71-53(2)84-51-105-71)85-74(97)67-44-62(93)48-92(67)75(98)72(76(3,4)5)87-70(95)17-13-8-7-12-16-69(94)83-50-77(6)34-32-65(55-22-26-59(79)27-23-55)58(46-77)47-90-36-38-91(39-37-90)61-28-24-57(25-29-61)73(96)88-107(101,102)64-30-31-66(68(45-64)106(99,100)78(80,81)82)86-60(33-35-89-40-42-103-43-41-89)49-104-63-14-10-9-11-15-63/h9-11,14-15,18-31,45,51-52,60,62,67,72,86,93H,7-8,12-13,16-17,32-44,46-50H2,1-6H3,(H,83,94)(H,85,97)(H,87,95)(H,88,96)/t52-,60+,62+,67-,72+,77?/m0/s1. The van der Waals surface area contributed by atoms with Crippen LogP contribution in [-0.2, 0) is 43.8 Å². The van der Waals surface area contributed by atoms with Crippen molar-refractivity contribution in [2.75, 3.05) is 94.6 Å². The summed E-state index contributed by atoms with van der Waals surface area (Å²) in [6.45, 7) is 18.3. The van der Waals surface area contributed by atoms with Crippen molar-refractivity contribution in [2.24, 2.45) is 10.8 Å². The maximum atomic E-state index is 14.4. The fraction of sp³-hybridized carbons (Fsp3) is 0.487. The highest BCUT2D eigenvalue weighted by Crippen LogP contribution is 2.44. The predicted molar refractivity (Wildman–Crippen MR) is 413 cm³/mol. The van der Waals surface area contributed by atoms with Crippen LogP contribution in [0.5, 0.6) is 0 Å². The number of rotatable bonds is 31. The van der Waals surface area contributed by atoms with Gasteiger partial charge in [0.25, 0.3) is 25.8 Å². The van der Waals surface area contributed by atoms with Gasteiger partial charge in [0.1, 0.15) is 17.0 Å². The second kappa shape index (κ2) is 36.4. The molecule has 6 N–H and O–H groups in total. The van der Waals surface area contributed by atoms with Gasteiger partial charge in [-0.25, -0.2) is 26.5 Å². The number of ether oxygens (including phenoxy) is 1. The molecule has 1 aromatic heterocycles. The third kappa shape index (κ3) is 22.2. The number of sulfone groups is 1. The zero-order chi connectivity index (χ0) is 76.8. The van der Waals surface area contributed by atoms with Gasteiger partial charge in [-0.1, -0.05) is 112 Å². The van der Waals surface area contributed by atoms with E-state index in [1.807, 2.05) is 118 Å². The largest absolute Gasteiger partial charge is 0.501 e. The molecule has 0 radical (unpaired) electrons. The maximum absolute atomic E-state index is 14.4. The number of hydrogen-bond donors (Lipinski definition) is 6. The molecule has 6 aromatic rings. The Kier molecular flexibility index (Phi) is 27.9. The molecule has 5 aromatic carbocycles. The number of nitrogens with one attached hydrogen (secondary N) is 5. The van der Waals surface area contributed by atoms with Crippen molar-refractivity contribution >= 4 is 101 Å². The Morgan fingerprint density at radius 3 is 2.11 bits per heavy atom. The number of aliphatic hydroxyl groups is 1. The molecule has 10 rings (SSSR count). The molecule has 4 aliphatic rings. The molecule has 0 spiro atoms. The second-order valence-corrected chi connectivity index (χ2v) is 35.7. The lowest BCUT2D eigenvalue weighted by molar-refractivity contribution is -0.144. The summed E-state index contributed by atoms with van der Waals surface area (Å²) in [4.78, 5) is 80.9. The number of aryl methyl sites for hydroxylation is 1. The summed E-state index contributed by atoms with van der Waals surface area (Å²) in [5.41, 5.74) is 1.84. The van der Waals surface area contributed by atoms with Gasteiger partial charge in [0.05, 0.1) is 52.0 Å². The molecule has 1 aliphatic carbocycles. The fourth-order valence-corrected chi connectivity index (χ4v) is 18.1. The lowest BCUT2D eigenvalue weighted by Gasteiger charge is -2.41. The van der Waals surface area contributed by atoms with Gasteiger partial charge in [-0.05, 0) is 152 Å². The summed E-state index contributed by atoms with van der Waals surface area (Å²) in [5, 5.41) is 23.6. The molecule has 3 aliphatic heterocycles. The average molecular weight is 1570 g/mol. The van der Waals surface area contributed by atoms with E-state index < -0.39 is 82.3 Å².